The summed E-state index contributed by atoms with van der Waals surface area (Å²) in [5, 5.41) is 4.36. The third kappa shape index (κ3) is 3.42. The fraction of sp³-hybridized carbons (Fsp3) is 0.500. The van der Waals surface area contributed by atoms with Crippen molar-refractivity contribution in [2.75, 3.05) is 5.75 Å². The second-order valence-corrected chi connectivity index (χ2v) is 6.68. The molecule has 0 atom stereocenters. The Hall–Kier alpha value is -1.29. The molecule has 2 aliphatic rings. The van der Waals surface area contributed by atoms with Crippen LogP contribution in [0, 0.1) is 5.92 Å². The number of aromatic nitrogens is 2. The van der Waals surface area contributed by atoms with Crippen LogP contribution in [-0.4, -0.2) is 21.4 Å². The molecule has 3 nitrogen and oxygen atoms in total. The monoisotopic (exact) mass is 288 g/mol. The highest BCUT2D eigenvalue weighted by Gasteiger charge is 2.19. The van der Waals surface area contributed by atoms with Gasteiger partial charge in [0.1, 0.15) is 0 Å². The van der Waals surface area contributed by atoms with Crippen molar-refractivity contribution in [1.29, 1.82) is 0 Å². The van der Waals surface area contributed by atoms with E-state index in [4.69, 9.17) is 0 Å². The maximum Gasteiger partial charge on any atom is 0.247 e. The van der Waals surface area contributed by atoms with Gasteiger partial charge in [0.05, 0.1) is 5.69 Å². The van der Waals surface area contributed by atoms with Gasteiger partial charge in [-0.1, -0.05) is 18.9 Å². The zero-order chi connectivity index (χ0) is 13.8. The standard InChI is InChI=1S/C16H20N2OS/c19-16(12-13-4-1-2-5-13)18-10-9-14(17-18)7-8-15-6-3-11-20-15/h6-10,13H,1-5,11-12H2/b8-7+. The Balaban J connectivity index is 1.59. The van der Waals surface area contributed by atoms with Crippen LogP contribution in [0.5, 0.6) is 0 Å². The number of carbonyl (C=O) groups is 1. The minimum absolute atomic E-state index is 0.131. The van der Waals surface area contributed by atoms with Crippen molar-refractivity contribution in [3.63, 3.8) is 0 Å². The lowest BCUT2D eigenvalue weighted by Crippen LogP contribution is -2.14. The van der Waals surface area contributed by atoms with Crippen molar-refractivity contribution >= 4 is 23.7 Å². The van der Waals surface area contributed by atoms with Gasteiger partial charge in [0.25, 0.3) is 0 Å². The van der Waals surface area contributed by atoms with E-state index in [1.807, 2.05) is 23.9 Å². The predicted octanol–water partition coefficient (Wildman–Crippen LogP) is 4.14. The van der Waals surface area contributed by atoms with Crippen molar-refractivity contribution in [2.45, 2.75) is 38.5 Å². The molecule has 1 saturated carbocycles. The zero-order valence-electron chi connectivity index (χ0n) is 11.6. The summed E-state index contributed by atoms with van der Waals surface area (Å²) in [7, 11) is 0. The lowest BCUT2D eigenvalue weighted by molar-refractivity contribution is 0.0864. The Morgan fingerprint density at radius 2 is 2.25 bits per heavy atom. The molecule has 4 heteroatoms. The third-order valence-electron chi connectivity index (χ3n) is 3.95. The Bertz CT molecular complexity index is 538. The Labute approximate surface area is 124 Å². The van der Waals surface area contributed by atoms with Crippen molar-refractivity contribution < 1.29 is 4.79 Å². The number of rotatable bonds is 4. The van der Waals surface area contributed by atoms with Gasteiger partial charge < -0.3 is 0 Å². The van der Waals surface area contributed by atoms with E-state index in [1.54, 1.807) is 6.20 Å². The van der Waals surface area contributed by atoms with Crippen LogP contribution in [0.4, 0.5) is 0 Å². The number of nitrogens with zero attached hydrogens (tertiary/aromatic N) is 2. The summed E-state index contributed by atoms with van der Waals surface area (Å²) in [4.78, 5) is 13.4. The highest BCUT2D eigenvalue weighted by Crippen LogP contribution is 2.28. The summed E-state index contributed by atoms with van der Waals surface area (Å²) in [6.07, 6.45) is 14.8. The smallest absolute Gasteiger partial charge is 0.247 e. The fourth-order valence-electron chi connectivity index (χ4n) is 2.84. The van der Waals surface area contributed by atoms with Crippen molar-refractivity contribution in [3.8, 4) is 0 Å². The summed E-state index contributed by atoms with van der Waals surface area (Å²) in [6, 6.07) is 1.91. The SMILES string of the molecule is O=C(CC1CCCC1)n1ccc(/C=C/C2=CCCS2)n1. The Kier molecular flexibility index (Phi) is 4.41. The van der Waals surface area contributed by atoms with Crippen LogP contribution in [-0.2, 0) is 0 Å². The topological polar surface area (TPSA) is 34.9 Å². The van der Waals surface area contributed by atoms with Crippen LogP contribution in [0.3, 0.4) is 0 Å². The van der Waals surface area contributed by atoms with E-state index in [0.29, 0.717) is 12.3 Å². The highest BCUT2D eigenvalue weighted by molar-refractivity contribution is 8.03. The molecule has 2 heterocycles. The first-order valence-corrected chi connectivity index (χ1v) is 8.40. The molecule has 0 N–H and O–H groups in total. The molecule has 1 fully saturated rings. The molecule has 0 unspecified atom stereocenters. The molecule has 1 aromatic rings. The first-order chi connectivity index (χ1) is 9.81. The molecule has 0 saturated heterocycles. The van der Waals surface area contributed by atoms with Crippen LogP contribution >= 0.6 is 11.8 Å². The van der Waals surface area contributed by atoms with Crippen molar-refractivity contribution in [1.82, 2.24) is 9.78 Å². The molecule has 106 valence electrons. The highest BCUT2D eigenvalue weighted by atomic mass is 32.2. The van der Waals surface area contributed by atoms with E-state index < -0.39 is 0 Å². The summed E-state index contributed by atoms with van der Waals surface area (Å²) in [5.74, 6) is 1.88. The second kappa shape index (κ2) is 6.44. The summed E-state index contributed by atoms with van der Waals surface area (Å²) in [5.41, 5.74) is 0.859. The molecular weight excluding hydrogens is 268 g/mol. The minimum Gasteiger partial charge on any atom is -0.273 e. The Morgan fingerprint density at radius 3 is 3.00 bits per heavy atom. The molecule has 0 amide bonds. The molecule has 1 aliphatic carbocycles. The first-order valence-electron chi connectivity index (χ1n) is 7.41. The van der Waals surface area contributed by atoms with E-state index >= 15 is 0 Å². The second-order valence-electron chi connectivity index (χ2n) is 5.51. The van der Waals surface area contributed by atoms with E-state index in [2.05, 4.69) is 17.3 Å². The molecule has 1 aromatic heterocycles. The van der Waals surface area contributed by atoms with Gasteiger partial charge in [-0.3, -0.25) is 4.79 Å². The van der Waals surface area contributed by atoms with E-state index in [-0.39, 0.29) is 5.91 Å². The average Bonchev–Trinajstić information content (AvgIpc) is 3.19. The maximum absolute atomic E-state index is 12.1. The zero-order valence-corrected chi connectivity index (χ0v) is 12.4. The molecule has 0 spiro atoms. The Morgan fingerprint density at radius 1 is 1.40 bits per heavy atom. The van der Waals surface area contributed by atoms with E-state index in [0.717, 1.165) is 12.1 Å². The number of hydrogen-bond acceptors (Lipinski definition) is 3. The van der Waals surface area contributed by atoms with Gasteiger partial charge in [-0.25, -0.2) is 4.68 Å². The van der Waals surface area contributed by atoms with Gasteiger partial charge in [-0.15, -0.1) is 11.8 Å². The normalized spacial score (nSPS) is 19.9. The van der Waals surface area contributed by atoms with Crippen molar-refractivity contribution in [2.24, 2.45) is 5.92 Å². The lowest BCUT2D eigenvalue weighted by Gasteiger charge is -2.06. The van der Waals surface area contributed by atoms with Crippen molar-refractivity contribution in [3.05, 3.63) is 35.0 Å². The average molecular weight is 288 g/mol. The predicted molar refractivity (Wildman–Crippen MR) is 83.6 cm³/mol. The first kappa shape index (κ1) is 13.7. The quantitative estimate of drug-likeness (QED) is 0.835. The van der Waals surface area contributed by atoms with Gasteiger partial charge in [0, 0.05) is 23.3 Å². The van der Waals surface area contributed by atoms with Crippen LogP contribution in [0.25, 0.3) is 6.08 Å². The number of hydrogen-bond donors (Lipinski definition) is 0. The maximum atomic E-state index is 12.1. The summed E-state index contributed by atoms with van der Waals surface area (Å²) >= 11 is 1.87. The number of thioether (sulfide) groups is 1. The van der Waals surface area contributed by atoms with Gasteiger partial charge >= 0.3 is 0 Å². The molecule has 0 aromatic carbocycles. The molecule has 20 heavy (non-hydrogen) atoms. The van der Waals surface area contributed by atoms with Gasteiger partial charge in [-0.05, 0) is 43.4 Å². The molecule has 1 aliphatic heterocycles. The van der Waals surface area contributed by atoms with Crippen LogP contribution in [0.1, 0.15) is 49.0 Å². The summed E-state index contributed by atoms with van der Waals surface area (Å²) in [6.45, 7) is 0. The molecule has 3 rings (SSSR count). The van der Waals surface area contributed by atoms with E-state index in [9.17, 15) is 4.79 Å². The molecular formula is C16H20N2OS. The lowest BCUT2D eigenvalue weighted by atomic mass is 10.0. The fourth-order valence-corrected chi connectivity index (χ4v) is 3.71. The summed E-state index contributed by atoms with van der Waals surface area (Å²) < 4.78 is 1.51. The van der Waals surface area contributed by atoms with Gasteiger partial charge in [-0.2, -0.15) is 5.10 Å². The van der Waals surface area contributed by atoms with Crippen LogP contribution in [0.15, 0.2) is 29.3 Å². The molecule has 0 radical (unpaired) electrons. The van der Waals surface area contributed by atoms with Crippen LogP contribution in [0.2, 0.25) is 0 Å². The van der Waals surface area contributed by atoms with E-state index in [1.165, 1.54) is 41.0 Å². The minimum atomic E-state index is 0.131. The number of allylic oxidation sites excluding steroid dienone is 2. The number of carbonyl (C=O) groups excluding carboxylic acids is 1. The van der Waals surface area contributed by atoms with Gasteiger partial charge in [0.2, 0.25) is 5.91 Å². The van der Waals surface area contributed by atoms with Crippen LogP contribution < -0.4 is 0 Å². The largest absolute Gasteiger partial charge is 0.273 e. The third-order valence-corrected chi connectivity index (χ3v) is 5.03. The molecule has 0 bridgehead atoms. The van der Waals surface area contributed by atoms with Gasteiger partial charge in [0.15, 0.2) is 0 Å².